The number of ether oxygens (including phenoxy) is 2. The zero-order valence-corrected chi connectivity index (χ0v) is 9.66. The third kappa shape index (κ3) is 2.28. The van der Waals surface area contributed by atoms with E-state index in [-0.39, 0.29) is 12.6 Å². The Bertz CT molecular complexity index is 322. The Hall–Kier alpha value is -1.50. The monoisotopic (exact) mass is 244 g/mol. The molecule has 2 unspecified atom stereocenters. The second-order valence-corrected chi connectivity index (χ2v) is 4.11. The van der Waals surface area contributed by atoms with E-state index < -0.39 is 18.4 Å². The third-order valence-corrected chi connectivity index (χ3v) is 3.06. The molecule has 7 nitrogen and oxygen atoms in total. The summed E-state index contributed by atoms with van der Waals surface area (Å²) in [6.45, 7) is 2.50. The molecule has 2 amide bonds. The highest BCUT2D eigenvalue weighted by molar-refractivity contribution is 5.75. The van der Waals surface area contributed by atoms with E-state index >= 15 is 0 Å². The number of carbonyl (C=O) groups excluding carboxylic acids is 2. The zero-order valence-electron chi connectivity index (χ0n) is 9.66. The van der Waals surface area contributed by atoms with E-state index in [0.29, 0.717) is 18.0 Å². The summed E-state index contributed by atoms with van der Waals surface area (Å²) in [4.78, 5) is 24.5. The molecule has 2 aliphatic heterocycles. The second-order valence-electron chi connectivity index (χ2n) is 4.11. The Morgan fingerprint density at radius 1 is 1.59 bits per heavy atom. The van der Waals surface area contributed by atoms with E-state index in [0.717, 1.165) is 12.8 Å². The van der Waals surface area contributed by atoms with Crippen molar-refractivity contribution in [3.63, 3.8) is 0 Å². The minimum Gasteiger partial charge on any atom is -0.435 e. The van der Waals surface area contributed by atoms with Gasteiger partial charge < -0.3 is 14.4 Å². The van der Waals surface area contributed by atoms with Crippen LogP contribution in [0.2, 0.25) is 0 Å². The number of amides is 2. The molecule has 17 heavy (non-hydrogen) atoms. The van der Waals surface area contributed by atoms with Gasteiger partial charge in [-0.2, -0.15) is 5.06 Å². The lowest BCUT2D eigenvalue weighted by atomic mass is 10.1. The van der Waals surface area contributed by atoms with Crippen molar-refractivity contribution in [1.29, 1.82) is 0 Å². The Morgan fingerprint density at radius 3 is 3.06 bits per heavy atom. The fourth-order valence-corrected chi connectivity index (χ4v) is 2.28. The molecule has 0 aromatic carbocycles. The van der Waals surface area contributed by atoms with Gasteiger partial charge >= 0.3 is 12.2 Å². The molecule has 0 saturated carbocycles. The van der Waals surface area contributed by atoms with Crippen molar-refractivity contribution >= 4 is 12.2 Å². The van der Waals surface area contributed by atoms with Crippen LogP contribution in [-0.4, -0.2) is 52.8 Å². The molecule has 1 N–H and O–H groups in total. The predicted molar refractivity (Wildman–Crippen MR) is 55.3 cm³/mol. The first-order valence-corrected chi connectivity index (χ1v) is 5.75. The standard InChI is InChI=1S/C10H16N2O5/c1-2-16-10(14)17-8-6-7-4-3-5-11(7)9(13)12(8)15/h7-8,15H,2-6H2,1H3. The molecule has 2 heterocycles. The Morgan fingerprint density at radius 2 is 2.35 bits per heavy atom. The van der Waals surface area contributed by atoms with Gasteiger partial charge in [0, 0.05) is 19.0 Å². The minimum absolute atomic E-state index is 0.0466. The van der Waals surface area contributed by atoms with Crippen molar-refractivity contribution < 1.29 is 24.3 Å². The van der Waals surface area contributed by atoms with E-state index in [4.69, 9.17) is 4.74 Å². The molecule has 2 fully saturated rings. The Balaban J connectivity index is 1.98. The Kier molecular flexibility index (Phi) is 3.37. The fraction of sp³-hybridized carbons (Fsp3) is 0.800. The number of urea groups is 1. The van der Waals surface area contributed by atoms with Gasteiger partial charge in [0.25, 0.3) is 0 Å². The van der Waals surface area contributed by atoms with E-state index in [9.17, 15) is 14.8 Å². The number of rotatable bonds is 2. The van der Waals surface area contributed by atoms with Crippen molar-refractivity contribution in [3.05, 3.63) is 0 Å². The largest absolute Gasteiger partial charge is 0.510 e. The van der Waals surface area contributed by atoms with Gasteiger partial charge in [0.05, 0.1) is 6.61 Å². The second kappa shape index (κ2) is 4.79. The maximum absolute atomic E-state index is 11.7. The van der Waals surface area contributed by atoms with Gasteiger partial charge in [0.15, 0.2) is 0 Å². The van der Waals surface area contributed by atoms with Crippen LogP contribution >= 0.6 is 0 Å². The summed E-state index contributed by atoms with van der Waals surface area (Å²) in [5, 5.41) is 10.1. The normalized spacial score (nSPS) is 28.0. The highest BCUT2D eigenvalue weighted by Gasteiger charge is 2.43. The molecule has 2 rings (SSSR count). The fourth-order valence-electron chi connectivity index (χ4n) is 2.28. The minimum atomic E-state index is -0.944. The number of nitrogens with zero attached hydrogens (tertiary/aromatic N) is 2. The maximum atomic E-state index is 11.7. The van der Waals surface area contributed by atoms with Crippen molar-refractivity contribution in [2.24, 2.45) is 0 Å². The number of fused-ring (bicyclic) bond motifs is 1. The lowest BCUT2D eigenvalue weighted by Gasteiger charge is -2.38. The van der Waals surface area contributed by atoms with Crippen molar-refractivity contribution in [2.75, 3.05) is 13.2 Å². The molecule has 0 radical (unpaired) electrons. The molecule has 0 spiro atoms. The topological polar surface area (TPSA) is 79.3 Å². The van der Waals surface area contributed by atoms with Crippen LogP contribution in [0.3, 0.4) is 0 Å². The van der Waals surface area contributed by atoms with Crippen LogP contribution in [0, 0.1) is 0 Å². The molecule has 2 saturated heterocycles. The van der Waals surface area contributed by atoms with Gasteiger partial charge in [-0.15, -0.1) is 0 Å². The van der Waals surface area contributed by atoms with Crippen LogP contribution in [0.1, 0.15) is 26.2 Å². The summed E-state index contributed by atoms with van der Waals surface area (Å²) in [6, 6.07) is -0.460. The molecule has 0 aliphatic carbocycles. The molecule has 0 aromatic rings. The summed E-state index contributed by atoms with van der Waals surface area (Å²) in [5.74, 6) is 0. The van der Waals surface area contributed by atoms with Gasteiger partial charge in [0.1, 0.15) is 0 Å². The SMILES string of the molecule is CCOC(=O)OC1CC2CCCN2C(=O)N1O. The molecule has 2 atom stereocenters. The first-order chi connectivity index (χ1) is 8.13. The molecule has 7 heteroatoms. The number of hydrogen-bond acceptors (Lipinski definition) is 5. The lowest BCUT2D eigenvalue weighted by Crippen LogP contribution is -2.56. The van der Waals surface area contributed by atoms with Crippen LogP contribution < -0.4 is 0 Å². The summed E-state index contributed by atoms with van der Waals surface area (Å²) in [7, 11) is 0. The molecular formula is C10H16N2O5. The van der Waals surface area contributed by atoms with Crippen LogP contribution in [0.25, 0.3) is 0 Å². The molecular weight excluding hydrogens is 228 g/mol. The van der Waals surface area contributed by atoms with Gasteiger partial charge in [-0.05, 0) is 19.8 Å². The van der Waals surface area contributed by atoms with Gasteiger partial charge in [-0.3, -0.25) is 5.21 Å². The smallest absolute Gasteiger partial charge is 0.435 e. The quantitative estimate of drug-likeness (QED) is 0.582. The van der Waals surface area contributed by atoms with Crippen molar-refractivity contribution in [3.8, 4) is 0 Å². The average Bonchev–Trinajstić information content (AvgIpc) is 2.74. The molecule has 0 aromatic heterocycles. The van der Waals surface area contributed by atoms with Gasteiger partial charge in [-0.25, -0.2) is 9.59 Å². The zero-order chi connectivity index (χ0) is 12.4. The molecule has 2 aliphatic rings. The van der Waals surface area contributed by atoms with E-state index in [1.165, 1.54) is 0 Å². The van der Waals surface area contributed by atoms with Crippen LogP contribution in [0.5, 0.6) is 0 Å². The van der Waals surface area contributed by atoms with Gasteiger partial charge in [-0.1, -0.05) is 0 Å². The first-order valence-electron chi connectivity index (χ1n) is 5.75. The average molecular weight is 244 g/mol. The molecule has 96 valence electrons. The lowest BCUT2D eigenvalue weighted by molar-refractivity contribution is -0.190. The number of hydroxylamine groups is 2. The third-order valence-electron chi connectivity index (χ3n) is 3.06. The van der Waals surface area contributed by atoms with Crippen LogP contribution in [0.4, 0.5) is 9.59 Å². The number of hydrogen-bond donors (Lipinski definition) is 1. The van der Waals surface area contributed by atoms with Crippen molar-refractivity contribution in [2.45, 2.75) is 38.5 Å². The summed E-state index contributed by atoms with van der Waals surface area (Å²) in [6.07, 6.45) is 0.399. The predicted octanol–water partition coefficient (Wildman–Crippen LogP) is 1.16. The highest BCUT2D eigenvalue weighted by Crippen LogP contribution is 2.29. The summed E-state index contributed by atoms with van der Waals surface area (Å²) >= 11 is 0. The van der Waals surface area contributed by atoms with Crippen molar-refractivity contribution in [1.82, 2.24) is 9.96 Å². The van der Waals surface area contributed by atoms with E-state index in [1.807, 2.05) is 0 Å². The van der Waals surface area contributed by atoms with Crippen LogP contribution in [0.15, 0.2) is 0 Å². The summed E-state index contributed by atoms with van der Waals surface area (Å²) < 4.78 is 9.51. The van der Waals surface area contributed by atoms with E-state index in [1.54, 1.807) is 11.8 Å². The van der Waals surface area contributed by atoms with E-state index in [2.05, 4.69) is 4.74 Å². The maximum Gasteiger partial charge on any atom is 0.510 e. The Labute approximate surface area is 98.8 Å². The van der Waals surface area contributed by atoms with Gasteiger partial charge in [0.2, 0.25) is 6.23 Å². The first kappa shape index (κ1) is 12.0. The number of carbonyl (C=O) groups is 2. The van der Waals surface area contributed by atoms with Crippen LogP contribution in [-0.2, 0) is 9.47 Å². The summed E-state index contributed by atoms with van der Waals surface area (Å²) in [5.41, 5.74) is 0. The highest BCUT2D eigenvalue weighted by atomic mass is 16.7. The molecule has 0 bridgehead atoms.